The molecule has 2 aliphatic heterocycles. The normalized spacial score (nSPS) is 13.9. The number of nitriles is 2. The van der Waals surface area contributed by atoms with Gasteiger partial charge in [-0.25, -0.2) is 14.6 Å². The van der Waals surface area contributed by atoms with Gasteiger partial charge in [-0.05, 0) is 140 Å². The van der Waals surface area contributed by atoms with E-state index in [0.29, 0.717) is 65.4 Å². The summed E-state index contributed by atoms with van der Waals surface area (Å²) in [6.45, 7) is 5.83. The summed E-state index contributed by atoms with van der Waals surface area (Å²) in [6, 6.07) is 33.4. The molecule has 4 amide bonds. The van der Waals surface area contributed by atoms with Crippen LogP contribution in [0.25, 0.3) is 0 Å². The Morgan fingerprint density at radius 3 is 1.43 bits per heavy atom. The molecule has 15 heteroatoms. The van der Waals surface area contributed by atoms with Gasteiger partial charge in [0.15, 0.2) is 0 Å². The number of piperidine rings is 2. The van der Waals surface area contributed by atoms with Crippen molar-refractivity contribution >= 4 is 46.9 Å². The number of anilines is 2. The molecular weight excluding hydrogens is 873 g/mol. The molecule has 2 aromatic heterocycles. The molecule has 0 saturated carbocycles. The highest BCUT2D eigenvalue weighted by Crippen LogP contribution is 2.31. The highest BCUT2D eigenvalue weighted by atomic mass is 16.6. The predicted molar refractivity (Wildman–Crippen MR) is 255 cm³/mol. The van der Waals surface area contributed by atoms with Crippen molar-refractivity contribution in [1.29, 1.82) is 10.5 Å². The van der Waals surface area contributed by atoms with Gasteiger partial charge in [0, 0.05) is 67.3 Å². The molecule has 15 nitrogen and oxygen atoms in total. The van der Waals surface area contributed by atoms with Gasteiger partial charge in [-0.3, -0.25) is 24.2 Å². The van der Waals surface area contributed by atoms with Crippen LogP contribution in [0.3, 0.4) is 0 Å². The van der Waals surface area contributed by atoms with Crippen molar-refractivity contribution in [2.75, 3.05) is 36.8 Å². The van der Waals surface area contributed by atoms with Crippen LogP contribution in [0.5, 0.6) is 0 Å². The monoisotopic (exact) mass is 918 g/mol. The highest BCUT2D eigenvalue weighted by Gasteiger charge is 2.27. The Balaban J connectivity index is 0.830. The number of nitrogens with one attached hydrogen (secondary N) is 2. The first-order valence-corrected chi connectivity index (χ1v) is 22.5. The van der Waals surface area contributed by atoms with Crippen molar-refractivity contribution in [3.63, 3.8) is 0 Å². The molecule has 0 spiro atoms. The summed E-state index contributed by atoms with van der Waals surface area (Å²) < 4.78 is 5.06. The van der Waals surface area contributed by atoms with Crippen molar-refractivity contribution in [2.45, 2.75) is 51.4 Å². The summed E-state index contributed by atoms with van der Waals surface area (Å²) in [6.07, 6.45) is 6.69. The molecule has 2 N–H and O–H groups in total. The minimum absolute atomic E-state index is 0.00253. The Labute approximate surface area is 398 Å². The number of aryl methyl sites for hydroxylation is 2. The summed E-state index contributed by atoms with van der Waals surface area (Å²) >= 11 is 0. The first-order chi connectivity index (χ1) is 33.4. The number of pyridine rings is 2. The molecule has 0 unspecified atom stereocenters. The number of hydrogen-bond acceptors (Lipinski definition) is 11. The third kappa shape index (κ3) is 10.9. The summed E-state index contributed by atoms with van der Waals surface area (Å²) in [4.78, 5) is 91.5. The van der Waals surface area contributed by atoms with E-state index in [1.807, 2.05) is 36.4 Å². The van der Waals surface area contributed by atoms with E-state index in [1.165, 1.54) is 24.4 Å². The molecule has 0 radical (unpaired) electrons. The van der Waals surface area contributed by atoms with Crippen LogP contribution in [-0.4, -0.2) is 81.5 Å². The number of esters is 2. The predicted octanol–water partition coefficient (Wildman–Crippen LogP) is 8.38. The number of hydrogen-bond donors (Lipinski definition) is 2. The van der Waals surface area contributed by atoms with Gasteiger partial charge in [-0.1, -0.05) is 36.4 Å². The lowest BCUT2D eigenvalue weighted by atomic mass is 9.89. The number of benzene rings is 4. The van der Waals surface area contributed by atoms with Gasteiger partial charge in [0.2, 0.25) is 0 Å². The molecule has 4 aromatic carbocycles. The first kappa shape index (κ1) is 46.7. The van der Waals surface area contributed by atoms with Crippen LogP contribution in [0.2, 0.25) is 0 Å². The molecular formula is C54H46N8O7. The third-order valence-corrected chi connectivity index (χ3v) is 12.7. The maximum atomic E-state index is 13.5. The number of rotatable bonds is 10. The van der Waals surface area contributed by atoms with E-state index in [2.05, 4.69) is 32.7 Å². The fourth-order valence-electron chi connectivity index (χ4n) is 8.55. The standard InChI is InChI=1S/C54H46N8O7/c1-33-3-9-41(51(65)61-21-17-39(18-22-61)37-11-5-35(28-55)6-12-37)26-47(33)59-49(63)43-15-16-46(58-32-43)54(68)69-53(67)45-25-44(30-57-31-45)50(64)60-48-27-42(10-4-34(48)2)52(66)62-23-19-40(20-24-62)38-13-7-36(29-56)8-14-38/h3-16,25-27,30-32,39-40H,17-24H2,1-2H3,(H,59,63)(H,60,64). The van der Waals surface area contributed by atoms with E-state index >= 15 is 0 Å². The van der Waals surface area contributed by atoms with Gasteiger partial charge in [-0.15, -0.1) is 0 Å². The van der Waals surface area contributed by atoms with E-state index < -0.39 is 23.8 Å². The molecule has 0 aliphatic carbocycles. The van der Waals surface area contributed by atoms with E-state index in [0.717, 1.165) is 54.8 Å². The average Bonchev–Trinajstić information content (AvgIpc) is 3.39. The average molecular weight is 919 g/mol. The van der Waals surface area contributed by atoms with Crippen LogP contribution in [0, 0.1) is 36.5 Å². The van der Waals surface area contributed by atoms with Crippen LogP contribution in [0.1, 0.15) is 133 Å². The summed E-state index contributed by atoms with van der Waals surface area (Å²) in [7, 11) is 0. The van der Waals surface area contributed by atoms with Crippen LogP contribution in [0.15, 0.2) is 122 Å². The quantitative estimate of drug-likeness (QED) is 0.0983. The molecule has 344 valence electrons. The van der Waals surface area contributed by atoms with Crippen LogP contribution in [-0.2, 0) is 4.74 Å². The van der Waals surface area contributed by atoms with Crippen molar-refractivity contribution in [3.8, 4) is 12.1 Å². The van der Waals surface area contributed by atoms with Gasteiger partial charge in [0.05, 0.1) is 40.0 Å². The van der Waals surface area contributed by atoms with E-state index in [1.54, 1.807) is 72.2 Å². The Bertz CT molecular complexity index is 3050. The SMILES string of the molecule is Cc1ccc(C(=O)N2CCC(c3ccc(C#N)cc3)CC2)cc1NC(=O)c1ccc(C(=O)OC(=O)c2cncc(C(=O)Nc3cc(C(=O)N4CCC(c5ccc(C#N)cc5)CC4)ccc3C)c2)nc1. The zero-order valence-electron chi connectivity index (χ0n) is 37.9. The Hall–Kier alpha value is -8.82. The minimum Gasteiger partial charge on any atom is -0.385 e. The van der Waals surface area contributed by atoms with E-state index in [-0.39, 0.29) is 46.0 Å². The van der Waals surface area contributed by atoms with E-state index in [9.17, 15) is 28.8 Å². The Kier molecular flexibility index (Phi) is 14.1. The summed E-state index contributed by atoms with van der Waals surface area (Å²) in [5.41, 5.74) is 6.25. The molecule has 2 aliphatic rings. The lowest BCUT2D eigenvalue weighted by molar-refractivity contribution is 0.0392. The third-order valence-electron chi connectivity index (χ3n) is 12.7. The van der Waals surface area contributed by atoms with Gasteiger partial charge in [0.1, 0.15) is 5.69 Å². The molecule has 4 heterocycles. The van der Waals surface area contributed by atoms with Crippen molar-refractivity contribution in [2.24, 2.45) is 0 Å². The number of likely N-dealkylation sites (tertiary alicyclic amines) is 2. The molecule has 0 bridgehead atoms. The Morgan fingerprint density at radius 2 is 0.986 bits per heavy atom. The van der Waals surface area contributed by atoms with Gasteiger partial charge in [0.25, 0.3) is 23.6 Å². The molecule has 2 saturated heterocycles. The smallest absolute Gasteiger partial charge is 0.364 e. The molecule has 6 aromatic rings. The fraction of sp³-hybridized carbons (Fsp3) is 0.222. The van der Waals surface area contributed by atoms with Crippen molar-refractivity contribution in [3.05, 3.63) is 189 Å². The summed E-state index contributed by atoms with van der Waals surface area (Å²) in [5.74, 6) is -3.08. The largest absolute Gasteiger partial charge is 0.385 e. The molecule has 0 atom stereocenters. The summed E-state index contributed by atoms with van der Waals surface area (Å²) in [5, 5.41) is 23.8. The lowest BCUT2D eigenvalue weighted by Gasteiger charge is -2.32. The van der Waals surface area contributed by atoms with Gasteiger partial charge in [-0.2, -0.15) is 10.5 Å². The highest BCUT2D eigenvalue weighted by molar-refractivity contribution is 6.08. The number of ether oxygens (including phenoxy) is 1. The topological polar surface area (TPSA) is 216 Å². The molecule has 8 rings (SSSR count). The molecule has 2 fully saturated rings. The maximum Gasteiger partial charge on any atom is 0.364 e. The lowest BCUT2D eigenvalue weighted by Crippen LogP contribution is -2.38. The Morgan fingerprint density at radius 1 is 0.536 bits per heavy atom. The zero-order valence-corrected chi connectivity index (χ0v) is 37.9. The maximum absolute atomic E-state index is 13.5. The van der Waals surface area contributed by atoms with Gasteiger partial charge >= 0.3 is 11.9 Å². The fourth-order valence-corrected chi connectivity index (χ4v) is 8.55. The number of nitrogens with zero attached hydrogens (tertiary/aromatic N) is 6. The number of amides is 4. The second-order valence-electron chi connectivity index (χ2n) is 17.1. The van der Waals surface area contributed by atoms with Crippen molar-refractivity contribution < 1.29 is 33.5 Å². The minimum atomic E-state index is -1.10. The van der Waals surface area contributed by atoms with Crippen LogP contribution < -0.4 is 10.6 Å². The zero-order chi connectivity index (χ0) is 48.6. The molecule has 69 heavy (non-hydrogen) atoms. The van der Waals surface area contributed by atoms with Gasteiger partial charge < -0.3 is 25.2 Å². The first-order valence-electron chi connectivity index (χ1n) is 22.5. The number of carbonyl (C=O) groups is 6. The van der Waals surface area contributed by atoms with Crippen LogP contribution in [0.4, 0.5) is 11.4 Å². The second kappa shape index (κ2) is 20.8. The van der Waals surface area contributed by atoms with Crippen molar-refractivity contribution in [1.82, 2.24) is 19.8 Å². The number of aromatic nitrogens is 2. The van der Waals surface area contributed by atoms with Crippen LogP contribution >= 0.6 is 0 Å². The number of carbonyl (C=O) groups excluding carboxylic acids is 6. The van der Waals surface area contributed by atoms with E-state index in [4.69, 9.17) is 15.3 Å². The second-order valence-corrected chi connectivity index (χ2v) is 17.1.